The van der Waals surface area contributed by atoms with Crippen molar-refractivity contribution in [2.24, 2.45) is 12.2 Å². The summed E-state index contributed by atoms with van der Waals surface area (Å²) in [5, 5.41) is 2.61. The van der Waals surface area contributed by atoms with Gasteiger partial charge in [-0.15, -0.1) is 4.91 Å². The summed E-state index contributed by atoms with van der Waals surface area (Å²) in [6.07, 6.45) is 3.07. The van der Waals surface area contributed by atoms with Crippen molar-refractivity contribution in [1.82, 2.24) is 9.55 Å². The average Bonchev–Trinajstić information content (AvgIpc) is 2.14. The molecule has 0 bridgehead atoms. The molecule has 0 saturated heterocycles. The summed E-state index contributed by atoms with van der Waals surface area (Å²) in [6.45, 7) is 0. The topological polar surface area (TPSA) is 47.2 Å². The van der Waals surface area contributed by atoms with Crippen molar-refractivity contribution < 1.29 is 0 Å². The first kappa shape index (κ1) is 4.96. The Morgan fingerprint density at radius 3 is 2.88 bits per heavy atom. The van der Waals surface area contributed by atoms with Crippen molar-refractivity contribution in [2.75, 3.05) is 0 Å². The Balaban J connectivity index is 3.00. The second-order valence-electron chi connectivity index (χ2n) is 1.49. The molecule has 0 spiro atoms. The van der Waals surface area contributed by atoms with Gasteiger partial charge in [0.05, 0.1) is 12.5 Å². The molecule has 1 aromatic heterocycles. The van der Waals surface area contributed by atoms with Gasteiger partial charge < -0.3 is 4.57 Å². The zero-order valence-corrected chi connectivity index (χ0v) is 4.40. The van der Waals surface area contributed by atoms with E-state index in [9.17, 15) is 4.91 Å². The van der Waals surface area contributed by atoms with Gasteiger partial charge in [0.15, 0.2) is 0 Å². The van der Waals surface area contributed by atoms with Gasteiger partial charge in [-0.1, -0.05) is 0 Å². The lowest BCUT2D eigenvalue weighted by Crippen LogP contribution is -1.76. The third-order valence-electron chi connectivity index (χ3n) is 0.785. The van der Waals surface area contributed by atoms with Gasteiger partial charge in [-0.2, -0.15) is 0 Å². The lowest BCUT2D eigenvalue weighted by Gasteiger charge is -1.77. The zero-order valence-electron chi connectivity index (χ0n) is 4.40. The average molecular weight is 111 g/mol. The molecule has 0 fully saturated rings. The van der Waals surface area contributed by atoms with Crippen LogP contribution in [0.3, 0.4) is 0 Å². The molecule has 42 valence electrons. The fourth-order valence-electron chi connectivity index (χ4n) is 0.446. The van der Waals surface area contributed by atoms with Gasteiger partial charge in [0.1, 0.15) is 0 Å². The highest BCUT2D eigenvalue weighted by molar-refractivity contribution is 5.20. The normalized spacial score (nSPS) is 9.12. The molecule has 4 nitrogen and oxygen atoms in total. The highest BCUT2D eigenvalue weighted by Gasteiger charge is 1.90. The van der Waals surface area contributed by atoms with Crippen molar-refractivity contribution >= 4 is 5.82 Å². The summed E-state index contributed by atoms with van der Waals surface area (Å²) in [5.74, 6) is 0.229. The number of hydrogen-bond acceptors (Lipinski definition) is 3. The highest BCUT2D eigenvalue weighted by atomic mass is 16.3. The van der Waals surface area contributed by atoms with Gasteiger partial charge in [0.2, 0.25) is 5.82 Å². The van der Waals surface area contributed by atoms with Gasteiger partial charge in [-0.25, -0.2) is 4.98 Å². The van der Waals surface area contributed by atoms with Crippen LogP contribution in [0.5, 0.6) is 0 Å². The van der Waals surface area contributed by atoms with E-state index in [2.05, 4.69) is 10.2 Å². The Kier molecular flexibility index (Phi) is 1.07. The Morgan fingerprint density at radius 1 is 1.88 bits per heavy atom. The van der Waals surface area contributed by atoms with E-state index in [1.165, 1.54) is 6.33 Å². The number of aryl methyl sites for hydroxylation is 1. The van der Waals surface area contributed by atoms with Gasteiger partial charge in [0, 0.05) is 7.05 Å². The van der Waals surface area contributed by atoms with Crippen LogP contribution in [-0.2, 0) is 7.05 Å². The fourth-order valence-corrected chi connectivity index (χ4v) is 0.446. The number of hydrogen-bond donors (Lipinski definition) is 0. The van der Waals surface area contributed by atoms with Crippen LogP contribution in [0.2, 0.25) is 0 Å². The van der Waals surface area contributed by atoms with Gasteiger partial charge in [-0.3, -0.25) is 0 Å². The van der Waals surface area contributed by atoms with Crippen molar-refractivity contribution in [3.63, 3.8) is 0 Å². The van der Waals surface area contributed by atoms with Crippen LogP contribution in [0.25, 0.3) is 0 Å². The third kappa shape index (κ3) is 0.726. The minimum Gasteiger partial charge on any atom is -0.338 e. The van der Waals surface area contributed by atoms with E-state index < -0.39 is 0 Å². The molecule has 0 N–H and O–H groups in total. The predicted molar refractivity (Wildman–Crippen MR) is 28.7 cm³/mol. The molecular weight excluding hydrogens is 106 g/mol. The molecule has 0 atom stereocenters. The first-order chi connectivity index (χ1) is 3.83. The maximum absolute atomic E-state index is 9.69. The molecule has 0 unspecified atom stereocenters. The number of nitroso groups, excluding NO2 is 1. The summed E-state index contributed by atoms with van der Waals surface area (Å²) in [6, 6.07) is 0. The van der Waals surface area contributed by atoms with Crippen LogP contribution >= 0.6 is 0 Å². The van der Waals surface area contributed by atoms with E-state index in [4.69, 9.17) is 0 Å². The number of rotatable bonds is 1. The minimum absolute atomic E-state index is 0.229. The van der Waals surface area contributed by atoms with E-state index in [1.807, 2.05) is 0 Å². The van der Waals surface area contributed by atoms with E-state index in [1.54, 1.807) is 17.8 Å². The van der Waals surface area contributed by atoms with E-state index in [0.717, 1.165) is 0 Å². The van der Waals surface area contributed by atoms with Crippen LogP contribution in [0, 0.1) is 4.91 Å². The largest absolute Gasteiger partial charge is 0.338 e. The molecule has 4 heteroatoms. The van der Waals surface area contributed by atoms with Gasteiger partial charge in [0.25, 0.3) is 0 Å². The smallest absolute Gasteiger partial charge is 0.214 e. The SMILES string of the molecule is Cn1cnc(N=O)c1. The van der Waals surface area contributed by atoms with Crippen LogP contribution in [0.15, 0.2) is 17.7 Å². The van der Waals surface area contributed by atoms with Crippen LogP contribution in [0.1, 0.15) is 0 Å². The standard InChI is InChI=1S/C4H5N3O/c1-7-2-4(6-8)5-3-7/h2-3H,1H3. The van der Waals surface area contributed by atoms with Crippen molar-refractivity contribution in [1.29, 1.82) is 0 Å². The lowest BCUT2D eigenvalue weighted by molar-refractivity contribution is 0.913. The second kappa shape index (κ2) is 1.73. The monoisotopic (exact) mass is 111 g/mol. The quantitative estimate of drug-likeness (QED) is 0.503. The Morgan fingerprint density at radius 2 is 2.62 bits per heavy atom. The maximum atomic E-state index is 9.69. The van der Waals surface area contributed by atoms with Gasteiger partial charge in [-0.05, 0) is 5.18 Å². The summed E-state index contributed by atoms with van der Waals surface area (Å²) in [5.41, 5.74) is 0. The summed E-state index contributed by atoms with van der Waals surface area (Å²) in [7, 11) is 1.78. The maximum Gasteiger partial charge on any atom is 0.214 e. The first-order valence-corrected chi connectivity index (χ1v) is 2.14. The molecule has 1 rings (SSSR count). The molecule has 0 aromatic carbocycles. The predicted octanol–water partition coefficient (Wildman–Crippen LogP) is 0.818. The van der Waals surface area contributed by atoms with E-state index in [-0.39, 0.29) is 5.82 Å². The molecule has 0 aliphatic carbocycles. The van der Waals surface area contributed by atoms with Crippen LogP contribution in [0.4, 0.5) is 5.82 Å². The van der Waals surface area contributed by atoms with Gasteiger partial charge >= 0.3 is 0 Å². The Hall–Kier alpha value is -1.19. The fraction of sp³-hybridized carbons (Fsp3) is 0.250. The van der Waals surface area contributed by atoms with Crippen molar-refractivity contribution in [2.45, 2.75) is 0 Å². The van der Waals surface area contributed by atoms with Crippen molar-refractivity contribution in [3.8, 4) is 0 Å². The number of nitrogens with zero attached hydrogens (tertiary/aromatic N) is 3. The summed E-state index contributed by atoms with van der Waals surface area (Å²) < 4.78 is 1.66. The van der Waals surface area contributed by atoms with Crippen LogP contribution in [-0.4, -0.2) is 9.55 Å². The molecular formula is C4H5N3O. The first-order valence-electron chi connectivity index (χ1n) is 2.14. The molecule has 8 heavy (non-hydrogen) atoms. The second-order valence-corrected chi connectivity index (χ2v) is 1.49. The minimum atomic E-state index is 0.229. The molecule has 0 aliphatic heterocycles. The lowest BCUT2D eigenvalue weighted by atomic mass is 10.8. The van der Waals surface area contributed by atoms with Crippen molar-refractivity contribution in [3.05, 3.63) is 17.4 Å². The summed E-state index contributed by atoms with van der Waals surface area (Å²) >= 11 is 0. The summed E-state index contributed by atoms with van der Waals surface area (Å²) in [4.78, 5) is 13.3. The number of imidazole rings is 1. The Bertz CT molecular complexity index is 193. The van der Waals surface area contributed by atoms with E-state index in [0.29, 0.717) is 0 Å². The third-order valence-corrected chi connectivity index (χ3v) is 0.785. The molecule has 0 radical (unpaired) electrons. The number of aromatic nitrogens is 2. The zero-order chi connectivity index (χ0) is 5.98. The Labute approximate surface area is 46.1 Å². The molecule has 0 saturated carbocycles. The van der Waals surface area contributed by atoms with Crippen LogP contribution < -0.4 is 0 Å². The molecule has 1 heterocycles. The molecule has 0 aliphatic rings. The van der Waals surface area contributed by atoms with E-state index >= 15 is 0 Å². The molecule has 0 amide bonds. The highest BCUT2D eigenvalue weighted by Crippen LogP contribution is 2.02. The molecule has 1 aromatic rings.